The first kappa shape index (κ1) is 18.7. The first-order valence-electron chi connectivity index (χ1n) is 9.68. The molecule has 146 valence electrons. The largest absolute Gasteiger partial charge is 0.490 e. The van der Waals surface area contributed by atoms with Crippen molar-refractivity contribution >= 4 is 11.0 Å². The standard InChI is InChI=1S/C22H25FN4O/c1-16-10-19(11-17(2)26-16)28-15-22(23)6-3-9-27(14-22)13-18-4-5-20-21(12-18)25-8-7-24-20/h4-5,7-8,10-12H,3,6,9,13-15H2,1-2H3. The van der Waals surface area contributed by atoms with Gasteiger partial charge in [0.2, 0.25) is 0 Å². The van der Waals surface area contributed by atoms with E-state index in [0.717, 1.165) is 41.0 Å². The van der Waals surface area contributed by atoms with Crippen LogP contribution in [0.2, 0.25) is 0 Å². The van der Waals surface area contributed by atoms with Crippen molar-refractivity contribution in [2.24, 2.45) is 0 Å². The van der Waals surface area contributed by atoms with E-state index in [-0.39, 0.29) is 6.61 Å². The monoisotopic (exact) mass is 380 g/mol. The number of rotatable bonds is 5. The average Bonchev–Trinajstić information content (AvgIpc) is 2.66. The van der Waals surface area contributed by atoms with Gasteiger partial charge in [0.1, 0.15) is 12.4 Å². The smallest absolute Gasteiger partial charge is 0.157 e. The lowest BCUT2D eigenvalue weighted by atomic mass is 9.95. The van der Waals surface area contributed by atoms with Gasteiger partial charge >= 0.3 is 0 Å². The van der Waals surface area contributed by atoms with Crippen LogP contribution in [0.1, 0.15) is 29.8 Å². The second-order valence-electron chi connectivity index (χ2n) is 7.72. The van der Waals surface area contributed by atoms with Crippen molar-refractivity contribution in [3.63, 3.8) is 0 Å². The molecule has 6 heteroatoms. The molecule has 0 amide bonds. The summed E-state index contributed by atoms with van der Waals surface area (Å²) >= 11 is 0. The van der Waals surface area contributed by atoms with Crippen LogP contribution in [0.25, 0.3) is 11.0 Å². The summed E-state index contributed by atoms with van der Waals surface area (Å²) in [6.07, 6.45) is 4.73. The van der Waals surface area contributed by atoms with Gasteiger partial charge in [-0.1, -0.05) is 6.07 Å². The van der Waals surface area contributed by atoms with Crippen LogP contribution in [0.4, 0.5) is 4.39 Å². The van der Waals surface area contributed by atoms with Crippen molar-refractivity contribution in [3.8, 4) is 5.75 Å². The van der Waals surface area contributed by atoms with Gasteiger partial charge in [-0.25, -0.2) is 4.39 Å². The predicted octanol–water partition coefficient (Wildman–Crippen LogP) is 4.02. The Morgan fingerprint density at radius 2 is 1.82 bits per heavy atom. The fraction of sp³-hybridized carbons (Fsp3) is 0.409. The molecule has 1 atom stereocenters. The molecule has 1 unspecified atom stereocenters. The van der Waals surface area contributed by atoms with Gasteiger partial charge in [-0.3, -0.25) is 19.9 Å². The molecule has 4 rings (SSSR count). The van der Waals surface area contributed by atoms with Crippen molar-refractivity contribution in [1.82, 2.24) is 19.9 Å². The van der Waals surface area contributed by atoms with Gasteiger partial charge < -0.3 is 4.74 Å². The molecule has 3 aromatic rings. The summed E-state index contributed by atoms with van der Waals surface area (Å²) in [4.78, 5) is 15.2. The minimum atomic E-state index is -1.35. The van der Waals surface area contributed by atoms with Crippen LogP contribution in [-0.4, -0.2) is 45.2 Å². The number of aryl methyl sites for hydroxylation is 2. The number of fused-ring (bicyclic) bond motifs is 1. The third-order valence-electron chi connectivity index (χ3n) is 5.10. The number of benzene rings is 1. The van der Waals surface area contributed by atoms with Crippen LogP contribution in [0.15, 0.2) is 42.7 Å². The summed E-state index contributed by atoms with van der Waals surface area (Å²) in [6, 6.07) is 9.77. The summed E-state index contributed by atoms with van der Waals surface area (Å²) in [5.74, 6) is 0.687. The molecular weight excluding hydrogens is 355 g/mol. The number of likely N-dealkylation sites (tertiary alicyclic amines) is 1. The van der Waals surface area contributed by atoms with E-state index in [1.807, 2.05) is 44.2 Å². The second-order valence-corrected chi connectivity index (χ2v) is 7.72. The van der Waals surface area contributed by atoms with E-state index in [1.165, 1.54) is 0 Å². The van der Waals surface area contributed by atoms with Crippen molar-refractivity contribution in [2.75, 3.05) is 19.7 Å². The fourth-order valence-corrected chi connectivity index (χ4v) is 3.89. The number of hydrogen-bond acceptors (Lipinski definition) is 5. The third kappa shape index (κ3) is 4.44. The molecule has 0 bridgehead atoms. The van der Waals surface area contributed by atoms with Crippen molar-refractivity contribution < 1.29 is 9.13 Å². The van der Waals surface area contributed by atoms with Crippen LogP contribution >= 0.6 is 0 Å². The first-order valence-corrected chi connectivity index (χ1v) is 9.68. The number of nitrogens with zero attached hydrogens (tertiary/aromatic N) is 4. The third-order valence-corrected chi connectivity index (χ3v) is 5.10. The van der Waals surface area contributed by atoms with Crippen molar-refractivity contribution in [3.05, 3.63) is 59.7 Å². The summed E-state index contributed by atoms with van der Waals surface area (Å²) in [6.45, 7) is 5.86. The second kappa shape index (κ2) is 7.80. The highest BCUT2D eigenvalue weighted by Gasteiger charge is 2.36. The Morgan fingerprint density at radius 1 is 1.07 bits per heavy atom. The quantitative estimate of drug-likeness (QED) is 0.669. The molecule has 2 aromatic heterocycles. The number of hydrogen-bond donors (Lipinski definition) is 0. The van der Waals surface area contributed by atoms with Crippen LogP contribution in [-0.2, 0) is 6.54 Å². The Kier molecular flexibility index (Phi) is 5.22. The molecule has 0 N–H and O–H groups in total. The molecule has 0 aliphatic carbocycles. The number of piperidine rings is 1. The van der Waals surface area contributed by atoms with E-state index in [4.69, 9.17) is 4.74 Å². The molecule has 1 saturated heterocycles. The number of halogens is 1. The lowest BCUT2D eigenvalue weighted by Gasteiger charge is -2.37. The Labute approximate surface area is 164 Å². The molecule has 3 heterocycles. The van der Waals surface area contributed by atoms with E-state index in [9.17, 15) is 0 Å². The number of ether oxygens (including phenoxy) is 1. The van der Waals surface area contributed by atoms with Crippen LogP contribution in [0.5, 0.6) is 5.75 Å². The van der Waals surface area contributed by atoms with Gasteiger partial charge in [0, 0.05) is 49.0 Å². The predicted molar refractivity (Wildman–Crippen MR) is 107 cm³/mol. The van der Waals surface area contributed by atoms with Crippen LogP contribution in [0, 0.1) is 13.8 Å². The summed E-state index contributed by atoms with van der Waals surface area (Å²) in [5, 5.41) is 0. The van der Waals surface area contributed by atoms with Gasteiger partial charge in [-0.2, -0.15) is 0 Å². The number of pyridine rings is 1. The van der Waals surface area contributed by atoms with E-state index in [0.29, 0.717) is 25.3 Å². The van der Waals surface area contributed by atoms with Gasteiger partial charge in [-0.05, 0) is 50.9 Å². The van der Waals surface area contributed by atoms with E-state index in [1.54, 1.807) is 12.4 Å². The van der Waals surface area contributed by atoms with E-state index in [2.05, 4.69) is 19.9 Å². The van der Waals surface area contributed by atoms with Crippen molar-refractivity contribution in [1.29, 1.82) is 0 Å². The summed E-state index contributed by atoms with van der Waals surface area (Å²) in [7, 11) is 0. The zero-order chi connectivity index (χ0) is 19.6. The lowest BCUT2D eigenvalue weighted by molar-refractivity contribution is 0.00409. The maximum atomic E-state index is 15.5. The highest BCUT2D eigenvalue weighted by molar-refractivity contribution is 5.74. The molecule has 1 aromatic carbocycles. The molecule has 28 heavy (non-hydrogen) atoms. The first-order chi connectivity index (χ1) is 13.5. The minimum Gasteiger partial charge on any atom is -0.490 e. The maximum absolute atomic E-state index is 15.5. The zero-order valence-corrected chi connectivity index (χ0v) is 16.4. The molecule has 0 spiro atoms. The molecule has 1 aliphatic heterocycles. The Hall–Kier alpha value is -2.60. The number of alkyl halides is 1. The molecule has 5 nitrogen and oxygen atoms in total. The average molecular weight is 380 g/mol. The molecule has 1 fully saturated rings. The SMILES string of the molecule is Cc1cc(OCC2(F)CCCN(Cc3ccc4nccnc4c3)C2)cc(C)n1. The fourth-order valence-electron chi connectivity index (χ4n) is 3.89. The Morgan fingerprint density at radius 3 is 2.61 bits per heavy atom. The minimum absolute atomic E-state index is 0.0651. The summed E-state index contributed by atoms with van der Waals surface area (Å²) in [5.41, 5.74) is 3.29. The van der Waals surface area contributed by atoms with Gasteiger partial charge in [0.25, 0.3) is 0 Å². The van der Waals surface area contributed by atoms with Crippen molar-refractivity contribution in [2.45, 2.75) is 38.9 Å². The lowest BCUT2D eigenvalue weighted by Crippen LogP contribution is -2.48. The normalized spacial score (nSPS) is 20.4. The van der Waals surface area contributed by atoms with Gasteiger partial charge in [0.05, 0.1) is 11.0 Å². The van der Waals surface area contributed by atoms with Crippen LogP contribution < -0.4 is 4.74 Å². The highest BCUT2D eigenvalue weighted by Crippen LogP contribution is 2.28. The zero-order valence-electron chi connectivity index (χ0n) is 16.4. The Balaban J connectivity index is 1.41. The van der Waals surface area contributed by atoms with Gasteiger partial charge in [0.15, 0.2) is 5.67 Å². The van der Waals surface area contributed by atoms with E-state index < -0.39 is 5.67 Å². The maximum Gasteiger partial charge on any atom is 0.157 e. The number of aromatic nitrogens is 3. The highest BCUT2D eigenvalue weighted by atomic mass is 19.1. The molecule has 0 saturated carbocycles. The molecule has 1 aliphatic rings. The van der Waals surface area contributed by atoms with Crippen LogP contribution in [0.3, 0.4) is 0 Å². The van der Waals surface area contributed by atoms with Gasteiger partial charge in [-0.15, -0.1) is 0 Å². The molecular formula is C22H25FN4O. The Bertz CT molecular complexity index is 959. The summed E-state index contributed by atoms with van der Waals surface area (Å²) < 4.78 is 21.3. The topological polar surface area (TPSA) is 51.1 Å². The van der Waals surface area contributed by atoms with E-state index >= 15 is 4.39 Å². The molecule has 0 radical (unpaired) electrons.